The Morgan fingerprint density at radius 3 is 2.35 bits per heavy atom. The van der Waals surface area contributed by atoms with Crippen LogP contribution in [0.4, 0.5) is 18.9 Å². The van der Waals surface area contributed by atoms with Crippen molar-refractivity contribution in [2.75, 3.05) is 5.32 Å². The number of nitrogens with one attached hydrogen (secondary N) is 1. The van der Waals surface area contributed by atoms with E-state index in [0.29, 0.717) is 5.69 Å². The molecule has 0 radical (unpaired) electrons. The van der Waals surface area contributed by atoms with Gasteiger partial charge in [0.25, 0.3) is 0 Å². The molecule has 0 amide bonds. The SMILES string of the molecule is CCC(CC)Nc1ccc(OC(F)F)c(F)c1. The summed E-state index contributed by atoms with van der Waals surface area (Å²) in [7, 11) is 0. The number of alkyl halides is 2. The fourth-order valence-electron chi connectivity index (χ4n) is 1.51. The molecule has 0 unspecified atom stereocenters. The molecule has 0 aliphatic rings. The number of benzene rings is 1. The molecule has 1 N–H and O–H groups in total. The molecule has 5 heteroatoms. The summed E-state index contributed by atoms with van der Waals surface area (Å²) in [6, 6.07) is 4.14. The van der Waals surface area contributed by atoms with Gasteiger partial charge in [-0.15, -0.1) is 0 Å². The van der Waals surface area contributed by atoms with Gasteiger partial charge in [0.2, 0.25) is 0 Å². The van der Waals surface area contributed by atoms with E-state index in [9.17, 15) is 13.2 Å². The molecule has 96 valence electrons. The van der Waals surface area contributed by atoms with E-state index >= 15 is 0 Å². The van der Waals surface area contributed by atoms with Crippen molar-refractivity contribution in [1.29, 1.82) is 0 Å². The maximum Gasteiger partial charge on any atom is 0.387 e. The lowest BCUT2D eigenvalue weighted by Crippen LogP contribution is -2.17. The van der Waals surface area contributed by atoms with E-state index in [2.05, 4.69) is 10.1 Å². The normalized spacial score (nSPS) is 11.0. The lowest BCUT2D eigenvalue weighted by Gasteiger charge is -2.16. The van der Waals surface area contributed by atoms with Gasteiger partial charge < -0.3 is 10.1 Å². The quantitative estimate of drug-likeness (QED) is 0.819. The van der Waals surface area contributed by atoms with Crippen molar-refractivity contribution in [2.45, 2.75) is 39.3 Å². The predicted octanol–water partition coefficient (Wildman–Crippen LogP) is 4.03. The van der Waals surface area contributed by atoms with Crippen LogP contribution in [0.5, 0.6) is 5.75 Å². The van der Waals surface area contributed by atoms with E-state index in [0.717, 1.165) is 18.9 Å². The molecule has 1 aromatic carbocycles. The van der Waals surface area contributed by atoms with Crippen LogP contribution in [0.15, 0.2) is 18.2 Å². The Balaban J connectivity index is 2.74. The second kappa shape index (κ2) is 6.37. The molecule has 0 fully saturated rings. The minimum Gasteiger partial charge on any atom is -0.432 e. The molecule has 0 aromatic heterocycles. The van der Waals surface area contributed by atoms with Gasteiger partial charge in [0, 0.05) is 17.8 Å². The Labute approximate surface area is 98.8 Å². The van der Waals surface area contributed by atoms with Crippen LogP contribution in [-0.4, -0.2) is 12.7 Å². The number of rotatable bonds is 6. The highest BCUT2D eigenvalue weighted by Gasteiger charge is 2.11. The first kappa shape index (κ1) is 13.7. The maximum absolute atomic E-state index is 13.4. The molecule has 0 heterocycles. The Bertz CT molecular complexity index is 354. The average molecular weight is 247 g/mol. The van der Waals surface area contributed by atoms with Gasteiger partial charge in [0.05, 0.1) is 0 Å². The monoisotopic (exact) mass is 247 g/mol. The van der Waals surface area contributed by atoms with Crippen LogP contribution in [-0.2, 0) is 0 Å². The molecule has 17 heavy (non-hydrogen) atoms. The summed E-state index contributed by atoms with van der Waals surface area (Å²) in [5.41, 5.74) is 0.567. The maximum atomic E-state index is 13.4. The third-order valence-corrected chi connectivity index (χ3v) is 2.50. The number of anilines is 1. The van der Waals surface area contributed by atoms with Crippen molar-refractivity contribution in [3.63, 3.8) is 0 Å². The topological polar surface area (TPSA) is 21.3 Å². The van der Waals surface area contributed by atoms with Crippen molar-refractivity contribution >= 4 is 5.69 Å². The van der Waals surface area contributed by atoms with E-state index in [4.69, 9.17) is 0 Å². The molecule has 1 rings (SSSR count). The lowest BCUT2D eigenvalue weighted by molar-refractivity contribution is -0.0521. The smallest absolute Gasteiger partial charge is 0.387 e. The highest BCUT2D eigenvalue weighted by Crippen LogP contribution is 2.23. The first-order valence-corrected chi connectivity index (χ1v) is 5.57. The summed E-state index contributed by atoms with van der Waals surface area (Å²) in [5, 5.41) is 3.12. The first-order chi connectivity index (χ1) is 8.06. The highest BCUT2D eigenvalue weighted by molar-refractivity contribution is 5.47. The Kier molecular flexibility index (Phi) is 5.12. The minimum absolute atomic E-state index is 0.247. The number of hydrogen-bond donors (Lipinski definition) is 1. The van der Waals surface area contributed by atoms with E-state index in [1.54, 1.807) is 0 Å². The molecule has 0 saturated heterocycles. The number of hydrogen-bond acceptors (Lipinski definition) is 2. The highest BCUT2D eigenvalue weighted by atomic mass is 19.3. The average Bonchev–Trinajstić information content (AvgIpc) is 2.29. The van der Waals surface area contributed by atoms with E-state index < -0.39 is 18.2 Å². The minimum atomic E-state index is -3.01. The molecule has 0 atom stereocenters. The number of halogens is 3. The molecular weight excluding hydrogens is 231 g/mol. The third kappa shape index (κ3) is 4.17. The second-order valence-electron chi connectivity index (χ2n) is 3.68. The summed E-state index contributed by atoms with van der Waals surface area (Å²) >= 11 is 0. The van der Waals surface area contributed by atoms with E-state index in [1.165, 1.54) is 12.1 Å². The van der Waals surface area contributed by atoms with Crippen LogP contribution in [0.2, 0.25) is 0 Å². The third-order valence-electron chi connectivity index (χ3n) is 2.50. The molecule has 0 bridgehead atoms. The van der Waals surface area contributed by atoms with Crippen molar-refractivity contribution in [2.24, 2.45) is 0 Å². The van der Waals surface area contributed by atoms with Gasteiger partial charge in [-0.25, -0.2) is 4.39 Å². The van der Waals surface area contributed by atoms with Gasteiger partial charge in [0.15, 0.2) is 11.6 Å². The van der Waals surface area contributed by atoms with Crippen LogP contribution in [0.25, 0.3) is 0 Å². The summed E-state index contributed by atoms with van der Waals surface area (Å²) in [5.74, 6) is -1.23. The van der Waals surface area contributed by atoms with Gasteiger partial charge >= 0.3 is 6.61 Å². The van der Waals surface area contributed by atoms with E-state index in [1.807, 2.05) is 13.8 Å². The van der Waals surface area contributed by atoms with E-state index in [-0.39, 0.29) is 6.04 Å². The van der Waals surface area contributed by atoms with Crippen molar-refractivity contribution in [1.82, 2.24) is 0 Å². The van der Waals surface area contributed by atoms with Crippen LogP contribution in [0, 0.1) is 5.82 Å². The van der Waals surface area contributed by atoms with Gasteiger partial charge in [-0.1, -0.05) is 13.8 Å². The molecular formula is C12H16F3NO. The zero-order chi connectivity index (χ0) is 12.8. The Hall–Kier alpha value is -1.39. The van der Waals surface area contributed by atoms with Gasteiger partial charge in [-0.05, 0) is 25.0 Å². The van der Waals surface area contributed by atoms with Crippen molar-refractivity contribution < 1.29 is 17.9 Å². The zero-order valence-electron chi connectivity index (χ0n) is 9.84. The fourth-order valence-corrected chi connectivity index (χ4v) is 1.51. The number of ether oxygens (including phenoxy) is 1. The summed E-state index contributed by atoms with van der Waals surface area (Å²) in [4.78, 5) is 0. The largest absolute Gasteiger partial charge is 0.432 e. The summed E-state index contributed by atoms with van der Waals surface area (Å²) in [6.45, 7) is 1.03. The Morgan fingerprint density at radius 1 is 1.24 bits per heavy atom. The molecule has 0 aliphatic carbocycles. The van der Waals surface area contributed by atoms with Crippen molar-refractivity contribution in [3.8, 4) is 5.75 Å². The molecule has 0 aliphatic heterocycles. The van der Waals surface area contributed by atoms with Gasteiger partial charge in [-0.2, -0.15) is 8.78 Å². The second-order valence-corrected chi connectivity index (χ2v) is 3.68. The van der Waals surface area contributed by atoms with Crippen LogP contribution >= 0.6 is 0 Å². The van der Waals surface area contributed by atoms with Crippen molar-refractivity contribution in [3.05, 3.63) is 24.0 Å². The molecule has 2 nitrogen and oxygen atoms in total. The molecule has 0 spiro atoms. The Morgan fingerprint density at radius 2 is 1.88 bits per heavy atom. The van der Waals surface area contributed by atoms with Crippen LogP contribution in [0.3, 0.4) is 0 Å². The summed E-state index contributed by atoms with van der Waals surface area (Å²) in [6.07, 6.45) is 1.82. The van der Waals surface area contributed by atoms with Crippen LogP contribution < -0.4 is 10.1 Å². The van der Waals surface area contributed by atoms with Crippen LogP contribution in [0.1, 0.15) is 26.7 Å². The zero-order valence-corrected chi connectivity index (χ0v) is 9.84. The predicted molar refractivity (Wildman–Crippen MR) is 61.0 cm³/mol. The van der Waals surface area contributed by atoms with Gasteiger partial charge in [0.1, 0.15) is 0 Å². The molecule has 1 aromatic rings. The summed E-state index contributed by atoms with van der Waals surface area (Å²) < 4.78 is 41.2. The van der Waals surface area contributed by atoms with Gasteiger partial charge in [-0.3, -0.25) is 0 Å². The lowest BCUT2D eigenvalue weighted by atomic mass is 10.1. The molecule has 0 saturated carbocycles. The fraction of sp³-hybridized carbons (Fsp3) is 0.500. The first-order valence-electron chi connectivity index (χ1n) is 5.57. The standard InChI is InChI=1S/C12H16F3NO/c1-3-8(4-2)16-9-5-6-11(10(13)7-9)17-12(14)15/h5-8,12,16H,3-4H2,1-2H3.